The molecule has 1 saturated heterocycles. The minimum atomic E-state index is -0.416. The van der Waals surface area contributed by atoms with E-state index in [-0.39, 0.29) is 17.9 Å². The molecule has 2 rings (SSSR count). The molecule has 0 N–H and O–H groups in total. The fourth-order valence-electron chi connectivity index (χ4n) is 2.19. The lowest BCUT2D eigenvalue weighted by Gasteiger charge is -2.29. The number of carbonyl (C=O) groups is 2. The Hall–Kier alpha value is -2.00. The van der Waals surface area contributed by atoms with Gasteiger partial charge in [0, 0.05) is 24.4 Å². The lowest BCUT2D eigenvalue weighted by Crippen LogP contribution is -2.49. The van der Waals surface area contributed by atoms with Crippen LogP contribution in [0, 0.1) is 11.3 Å². The lowest BCUT2D eigenvalue weighted by atomic mass is 10.1. The van der Waals surface area contributed by atoms with Crippen molar-refractivity contribution in [2.75, 3.05) is 18.7 Å². The van der Waals surface area contributed by atoms with E-state index >= 15 is 0 Å². The van der Waals surface area contributed by atoms with Crippen molar-refractivity contribution in [1.29, 1.82) is 5.26 Å². The van der Waals surface area contributed by atoms with Crippen LogP contribution in [0.3, 0.4) is 0 Å². The number of rotatable bonds is 3. The molecule has 6 heteroatoms. The maximum absolute atomic E-state index is 12.6. The molecule has 1 aliphatic heterocycles. The second-order valence-electron chi connectivity index (χ2n) is 5.52. The quantitative estimate of drug-likeness (QED) is 0.854. The van der Waals surface area contributed by atoms with Gasteiger partial charge in [-0.05, 0) is 38.1 Å². The van der Waals surface area contributed by atoms with Gasteiger partial charge in [0.05, 0.1) is 17.5 Å². The summed E-state index contributed by atoms with van der Waals surface area (Å²) in [6.45, 7) is 3.90. The minimum Gasteiger partial charge on any atom is -0.342 e. The zero-order chi connectivity index (χ0) is 16.3. The molecule has 1 unspecified atom stereocenters. The third-order valence-electron chi connectivity index (χ3n) is 3.81. The van der Waals surface area contributed by atoms with Crippen LogP contribution in [0.25, 0.3) is 0 Å². The van der Waals surface area contributed by atoms with Gasteiger partial charge in [-0.25, -0.2) is 0 Å². The monoisotopic (exact) mass is 317 g/mol. The van der Waals surface area contributed by atoms with E-state index in [4.69, 9.17) is 5.26 Å². The summed E-state index contributed by atoms with van der Waals surface area (Å²) < 4.78 is 0. The maximum atomic E-state index is 12.6. The number of nitriles is 1. The van der Waals surface area contributed by atoms with E-state index in [9.17, 15) is 9.59 Å². The van der Waals surface area contributed by atoms with Gasteiger partial charge in [-0.15, -0.1) is 11.8 Å². The first-order valence-electron chi connectivity index (χ1n) is 7.11. The number of likely N-dealkylation sites (N-methyl/N-ethyl adjacent to an activating group) is 1. The number of thioether (sulfide) groups is 1. The Kier molecular flexibility index (Phi) is 5.09. The molecular formula is C16H19N3O2S. The molecule has 2 amide bonds. The Bertz CT molecular complexity index is 607. The van der Waals surface area contributed by atoms with E-state index < -0.39 is 6.04 Å². The van der Waals surface area contributed by atoms with Gasteiger partial charge in [0.1, 0.15) is 6.04 Å². The maximum Gasteiger partial charge on any atom is 0.255 e. The van der Waals surface area contributed by atoms with E-state index in [0.29, 0.717) is 22.8 Å². The summed E-state index contributed by atoms with van der Waals surface area (Å²) in [5.41, 5.74) is 1.02. The summed E-state index contributed by atoms with van der Waals surface area (Å²) >= 11 is 1.58. The van der Waals surface area contributed by atoms with Crippen LogP contribution in [0.2, 0.25) is 0 Å². The third-order valence-corrected chi connectivity index (χ3v) is 4.82. The summed E-state index contributed by atoms with van der Waals surface area (Å²) in [6, 6.07) is 8.22. The van der Waals surface area contributed by atoms with Crippen molar-refractivity contribution in [3.8, 4) is 6.07 Å². The number of carbonyl (C=O) groups excluding carboxylic acids is 2. The van der Waals surface area contributed by atoms with Crippen LogP contribution in [-0.2, 0) is 4.79 Å². The zero-order valence-corrected chi connectivity index (χ0v) is 13.8. The summed E-state index contributed by atoms with van der Waals surface area (Å²) in [6.07, 6.45) is 0. The predicted octanol–water partition coefficient (Wildman–Crippen LogP) is 1.94. The molecule has 0 bridgehead atoms. The van der Waals surface area contributed by atoms with Crippen molar-refractivity contribution in [3.05, 3.63) is 35.4 Å². The van der Waals surface area contributed by atoms with E-state index in [2.05, 4.69) is 0 Å². The smallest absolute Gasteiger partial charge is 0.255 e. The highest BCUT2D eigenvalue weighted by Crippen LogP contribution is 2.25. The zero-order valence-electron chi connectivity index (χ0n) is 12.9. The molecule has 22 heavy (non-hydrogen) atoms. The molecular weight excluding hydrogens is 298 g/mol. The van der Waals surface area contributed by atoms with E-state index in [1.165, 1.54) is 0 Å². The molecule has 1 aromatic carbocycles. The molecule has 0 aliphatic carbocycles. The summed E-state index contributed by atoms with van der Waals surface area (Å²) in [5, 5.41) is 8.81. The Morgan fingerprint density at radius 1 is 1.36 bits per heavy atom. The van der Waals surface area contributed by atoms with Crippen molar-refractivity contribution in [2.24, 2.45) is 0 Å². The average molecular weight is 317 g/mol. The van der Waals surface area contributed by atoms with Gasteiger partial charge in [0.2, 0.25) is 5.91 Å². The molecule has 1 aromatic rings. The fourth-order valence-corrected chi connectivity index (χ4v) is 3.34. The first-order valence-corrected chi connectivity index (χ1v) is 8.26. The predicted molar refractivity (Wildman–Crippen MR) is 86.3 cm³/mol. The van der Waals surface area contributed by atoms with Gasteiger partial charge in [0.25, 0.3) is 5.91 Å². The van der Waals surface area contributed by atoms with Crippen LogP contribution in [-0.4, -0.2) is 52.4 Å². The highest BCUT2D eigenvalue weighted by Gasteiger charge is 2.37. The van der Waals surface area contributed by atoms with Gasteiger partial charge in [-0.3, -0.25) is 9.59 Å². The lowest BCUT2D eigenvalue weighted by molar-refractivity contribution is -0.135. The van der Waals surface area contributed by atoms with Crippen LogP contribution in [0.15, 0.2) is 24.3 Å². The number of hydrogen-bond acceptors (Lipinski definition) is 4. The Labute approximate surface area is 134 Å². The molecule has 0 spiro atoms. The number of hydrogen-bond donors (Lipinski definition) is 0. The second-order valence-corrected chi connectivity index (χ2v) is 6.52. The van der Waals surface area contributed by atoms with E-state index in [1.54, 1.807) is 52.9 Å². The first-order chi connectivity index (χ1) is 10.5. The van der Waals surface area contributed by atoms with Crippen LogP contribution in [0.4, 0.5) is 0 Å². The summed E-state index contributed by atoms with van der Waals surface area (Å²) in [5.74, 6) is 0.950. The van der Waals surface area contributed by atoms with Crippen molar-refractivity contribution in [3.63, 3.8) is 0 Å². The standard InChI is InChI=1S/C16H19N3O2S/c1-11(2)18(3)16(21)14-9-22-10-19(14)15(20)13-6-4-12(8-17)5-7-13/h4-7,11,14H,9-10H2,1-3H3. The van der Waals surface area contributed by atoms with Crippen molar-refractivity contribution < 1.29 is 9.59 Å². The van der Waals surface area contributed by atoms with Crippen molar-refractivity contribution >= 4 is 23.6 Å². The fraction of sp³-hybridized carbons (Fsp3) is 0.438. The first kappa shape index (κ1) is 16.4. The Balaban J connectivity index is 2.17. The molecule has 5 nitrogen and oxygen atoms in total. The number of amides is 2. The largest absolute Gasteiger partial charge is 0.342 e. The van der Waals surface area contributed by atoms with E-state index in [1.807, 2.05) is 19.9 Å². The van der Waals surface area contributed by atoms with Crippen molar-refractivity contribution in [1.82, 2.24) is 9.80 Å². The SMILES string of the molecule is CC(C)N(C)C(=O)C1CSCN1C(=O)c1ccc(C#N)cc1. The van der Waals surface area contributed by atoms with Crippen LogP contribution in [0.1, 0.15) is 29.8 Å². The van der Waals surface area contributed by atoms with Gasteiger partial charge in [-0.1, -0.05) is 0 Å². The molecule has 1 atom stereocenters. The number of nitrogens with zero attached hydrogens (tertiary/aromatic N) is 3. The molecule has 0 saturated carbocycles. The average Bonchev–Trinajstić information content (AvgIpc) is 3.02. The van der Waals surface area contributed by atoms with Crippen LogP contribution < -0.4 is 0 Å². The van der Waals surface area contributed by atoms with Gasteiger partial charge in [0.15, 0.2) is 0 Å². The Morgan fingerprint density at radius 3 is 2.55 bits per heavy atom. The van der Waals surface area contributed by atoms with E-state index in [0.717, 1.165) is 0 Å². The van der Waals surface area contributed by atoms with Gasteiger partial charge in [-0.2, -0.15) is 5.26 Å². The highest BCUT2D eigenvalue weighted by atomic mass is 32.2. The third kappa shape index (κ3) is 3.25. The molecule has 1 aliphatic rings. The molecule has 116 valence electrons. The molecule has 1 heterocycles. The summed E-state index contributed by atoms with van der Waals surface area (Å²) in [4.78, 5) is 28.4. The molecule has 0 radical (unpaired) electrons. The second kappa shape index (κ2) is 6.84. The molecule has 0 aromatic heterocycles. The Morgan fingerprint density at radius 2 is 2.00 bits per heavy atom. The minimum absolute atomic E-state index is 0.0259. The topological polar surface area (TPSA) is 64.4 Å². The van der Waals surface area contributed by atoms with Gasteiger partial charge >= 0.3 is 0 Å². The molecule has 1 fully saturated rings. The summed E-state index contributed by atoms with van der Waals surface area (Å²) in [7, 11) is 1.76. The number of benzene rings is 1. The van der Waals surface area contributed by atoms with Crippen molar-refractivity contribution in [2.45, 2.75) is 25.9 Å². The van der Waals surface area contributed by atoms with Crippen LogP contribution >= 0.6 is 11.8 Å². The van der Waals surface area contributed by atoms with Gasteiger partial charge < -0.3 is 9.80 Å². The van der Waals surface area contributed by atoms with Crippen LogP contribution in [0.5, 0.6) is 0 Å². The normalized spacial score (nSPS) is 17.4. The highest BCUT2D eigenvalue weighted by molar-refractivity contribution is 7.99.